The molecule has 2 aromatic carbocycles. The first-order chi connectivity index (χ1) is 12.7. The fraction of sp³-hybridized carbons (Fsp3) is 0.100. The largest absolute Gasteiger partial charge is 0.497 e. The summed E-state index contributed by atoms with van der Waals surface area (Å²) in [7, 11) is 1.66. The highest BCUT2D eigenvalue weighted by molar-refractivity contribution is 6.30. The summed E-state index contributed by atoms with van der Waals surface area (Å²) in [5, 5.41) is 4.21. The van der Waals surface area contributed by atoms with E-state index in [1.807, 2.05) is 65.2 Å². The molecule has 2 aromatic heterocycles. The second-order valence-corrected chi connectivity index (χ2v) is 6.24. The minimum absolute atomic E-state index is 0.650. The number of nitrogens with one attached hydrogen (secondary N) is 1. The summed E-state index contributed by atoms with van der Waals surface area (Å²) in [5.41, 5.74) is 2.98. The van der Waals surface area contributed by atoms with Crippen LogP contribution >= 0.6 is 11.6 Å². The van der Waals surface area contributed by atoms with E-state index >= 15 is 0 Å². The van der Waals surface area contributed by atoms with E-state index in [0.29, 0.717) is 12.3 Å². The highest BCUT2D eigenvalue weighted by atomic mass is 35.5. The predicted molar refractivity (Wildman–Crippen MR) is 104 cm³/mol. The Morgan fingerprint density at radius 3 is 2.58 bits per heavy atom. The molecule has 1 N–H and O–H groups in total. The van der Waals surface area contributed by atoms with Gasteiger partial charge in [-0.15, -0.1) is 0 Å². The van der Waals surface area contributed by atoms with Gasteiger partial charge in [-0.25, -0.2) is 9.97 Å². The first kappa shape index (κ1) is 16.4. The molecule has 2 heterocycles. The van der Waals surface area contributed by atoms with Crippen molar-refractivity contribution in [1.82, 2.24) is 14.4 Å². The maximum atomic E-state index is 5.97. The molecule has 0 saturated heterocycles. The van der Waals surface area contributed by atoms with Crippen LogP contribution < -0.4 is 10.1 Å². The average Bonchev–Trinajstić information content (AvgIpc) is 3.06. The Bertz CT molecular complexity index is 1030. The van der Waals surface area contributed by atoms with Crippen molar-refractivity contribution in [3.63, 3.8) is 0 Å². The molecule has 0 aliphatic carbocycles. The molecule has 26 heavy (non-hydrogen) atoms. The van der Waals surface area contributed by atoms with E-state index in [2.05, 4.69) is 10.3 Å². The number of fused-ring (bicyclic) bond motifs is 1. The zero-order chi connectivity index (χ0) is 17.9. The van der Waals surface area contributed by atoms with Gasteiger partial charge in [0.25, 0.3) is 0 Å². The summed E-state index contributed by atoms with van der Waals surface area (Å²) in [6.07, 6.45) is 3.69. The van der Waals surface area contributed by atoms with E-state index < -0.39 is 0 Å². The van der Waals surface area contributed by atoms with Crippen LogP contribution in [0.2, 0.25) is 5.02 Å². The average molecular weight is 365 g/mol. The second-order valence-electron chi connectivity index (χ2n) is 5.81. The van der Waals surface area contributed by atoms with Crippen molar-refractivity contribution >= 4 is 23.2 Å². The predicted octanol–water partition coefficient (Wildman–Crippen LogP) is 4.67. The lowest BCUT2D eigenvalue weighted by Gasteiger charge is -2.09. The van der Waals surface area contributed by atoms with Crippen LogP contribution in [-0.4, -0.2) is 21.5 Å². The molecular formula is C20H17ClN4O. The Balaban J connectivity index is 1.72. The van der Waals surface area contributed by atoms with Crippen LogP contribution in [0.15, 0.2) is 67.0 Å². The van der Waals surface area contributed by atoms with Crippen molar-refractivity contribution in [1.29, 1.82) is 0 Å². The van der Waals surface area contributed by atoms with Gasteiger partial charge in [-0.2, -0.15) is 0 Å². The third-order valence-electron chi connectivity index (χ3n) is 4.14. The van der Waals surface area contributed by atoms with Gasteiger partial charge in [0.05, 0.1) is 7.11 Å². The lowest BCUT2D eigenvalue weighted by atomic mass is 10.1. The SMILES string of the molecule is COc1ccc(-c2nc3ncccn3c2NCc2ccc(Cl)cc2)cc1. The topological polar surface area (TPSA) is 51.5 Å². The van der Waals surface area contributed by atoms with E-state index in [1.54, 1.807) is 13.3 Å². The Morgan fingerprint density at radius 1 is 1.08 bits per heavy atom. The van der Waals surface area contributed by atoms with Gasteiger partial charge >= 0.3 is 0 Å². The number of aromatic nitrogens is 3. The Morgan fingerprint density at radius 2 is 1.85 bits per heavy atom. The van der Waals surface area contributed by atoms with Crippen molar-refractivity contribution < 1.29 is 4.74 Å². The molecule has 0 aliphatic heterocycles. The maximum Gasteiger partial charge on any atom is 0.235 e. The summed E-state index contributed by atoms with van der Waals surface area (Å²) >= 11 is 5.97. The van der Waals surface area contributed by atoms with Gasteiger partial charge in [0.1, 0.15) is 17.3 Å². The van der Waals surface area contributed by atoms with Crippen molar-refractivity contribution in [2.75, 3.05) is 12.4 Å². The maximum absolute atomic E-state index is 5.97. The van der Waals surface area contributed by atoms with Gasteiger partial charge in [0, 0.05) is 29.5 Å². The quantitative estimate of drug-likeness (QED) is 0.559. The molecule has 130 valence electrons. The van der Waals surface area contributed by atoms with Crippen LogP contribution in [0.5, 0.6) is 5.75 Å². The van der Waals surface area contributed by atoms with E-state index in [9.17, 15) is 0 Å². The smallest absolute Gasteiger partial charge is 0.235 e. The number of methoxy groups -OCH3 is 1. The second kappa shape index (κ2) is 7.06. The van der Waals surface area contributed by atoms with E-state index in [0.717, 1.165) is 33.4 Å². The van der Waals surface area contributed by atoms with E-state index in [1.165, 1.54) is 0 Å². The van der Waals surface area contributed by atoms with Gasteiger partial charge < -0.3 is 10.1 Å². The summed E-state index contributed by atoms with van der Waals surface area (Å²) in [6, 6.07) is 17.5. The van der Waals surface area contributed by atoms with Crippen LogP contribution in [-0.2, 0) is 6.54 Å². The zero-order valence-electron chi connectivity index (χ0n) is 14.2. The van der Waals surface area contributed by atoms with E-state index in [-0.39, 0.29) is 0 Å². The van der Waals surface area contributed by atoms with Crippen molar-refractivity contribution in [2.24, 2.45) is 0 Å². The van der Waals surface area contributed by atoms with Gasteiger partial charge in [-0.3, -0.25) is 4.40 Å². The molecule has 5 nitrogen and oxygen atoms in total. The zero-order valence-corrected chi connectivity index (χ0v) is 14.9. The summed E-state index contributed by atoms with van der Waals surface area (Å²) in [5.74, 6) is 2.36. The van der Waals surface area contributed by atoms with Crippen molar-refractivity contribution in [2.45, 2.75) is 6.54 Å². The standard InChI is InChI=1S/C20H17ClN4O/c1-26-17-9-5-15(6-10-17)18-19(25-12-2-11-22-20(25)24-18)23-13-14-3-7-16(21)8-4-14/h2-12,23H,13H2,1H3. The minimum atomic E-state index is 0.650. The number of benzene rings is 2. The summed E-state index contributed by atoms with van der Waals surface area (Å²) in [6.45, 7) is 0.656. The summed E-state index contributed by atoms with van der Waals surface area (Å²) < 4.78 is 7.20. The van der Waals surface area contributed by atoms with Gasteiger partial charge in [0.15, 0.2) is 0 Å². The molecule has 0 amide bonds. The fourth-order valence-corrected chi connectivity index (χ4v) is 2.92. The van der Waals surface area contributed by atoms with Gasteiger partial charge in [-0.1, -0.05) is 23.7 Å². The molecule has 0 spiro atoms. The molecule has 0 atom stereocenters. The Kier molecular flexibility index (Phi) is 4.46. The molecule has 0 saturated carbocycles. The molecule has 4 aromatic rings. The fourth-order valence-electron chi connectivity index (χ4n) is 2.79. The lowest BCUT2D eigenvalue weighted by Crippen LogP contribution is -2.03. The van der Waals surface area contributed by atoms with Gasteiger partial charge in [0.2, 0.25) is 5.78 Å². The van der Waals surface area contributed by atoms with Crippen LogP contribution in [0, 0.1) is 0 Å². The third kappa shape index (κ3) is 3.21. The molecule has 6 heteroatoms. The number of hydrogen-bond acceptors (Lipinski definition) is 4. The number of ether oxygens (including phenoxy) is 1. The monoisotopic (exact) mass is 364 g/mol. The molecule has 0 radical (unpaired) electrons. The first-order valence-electron chi connectivity index (χ1n) is 8.20. The van der Waals surface area contributed by atoms with Crippen LogP contribution in [0.4, 0.5) is 5.82 Å². The number of nitrogens with zero attached hydrogens (tertiary/aromatic N) is 3. The van der Waals surface area contributed by atoms with Crippen molar-refractivity contribution in [3.8, 4) is 17.0 Å². The lowest BCUT2D eigenvalue weighted by molar-refractivity contribution is 0.415. The molecule has 0 unspecified atom stereocenters. The van der Waals surface area contributed by atoms with E-state index in [4.69, 9.17) is 21.3 Å². The van der Waals surface area contributed by atoms with Crippen LogP contribution in [0.1, 0.15) is 5.56 Å². The van der Waals surface area contributed by atoms with Gasteiger partial charge in [-0.05, 0) is 48.0 Å². The number of halogens is 1. The number of hydrogen-bond donors (Lipinski definition) is 1. The third-order valence-corrected chi connectivity index (χ3v) is 4.39. The number of imidazole rings is 1. The molecule has 0 fully saturated rings. The summed E-state index contributed by atoms with van der Waals surface area (Å²) in [4.78, 5) is 9.05. The normalized spacial score (nSPS) is 10.8. The van der Waals surface area contributed by atoms with Crippen LogP contribution in [0.3, 0.4) is 0 Å². The number of anilines is 1. The number of rotatable bonds is 5. The minimum Gasteiger partial charge on any atom is -0.497 e. The highest BCUT2D eigenvalue weighted by Crippen LogP contribution is 2.29. The molecule has 0 aliphatic rings. The highest BCUT2D eigenvalue weighted by Gasteiger charge is 2.14. The van der Waals surface area contributed by atoms with Crippen LogP contribution in [0.25, 0.3) is 17.0 Å². The molecular weight excluding hydrogens is 348 g/mol. The molecule has 0 bridgehead atoms. The van der Waals surface area contributed by atoms with Crippen molar-refractivity contribution in [3.05, 3.63) is 77.6 Å². The Labute approximate surface area is 156 Å². The molecule has 4 rings (SSSR count). The first-order valence-corrected chi connectivity index (χ1v) is 8.58. The Hall–Kier alpha value is -3.05.